The van der Waals surface area contributed by atoms with Crippen molar-refractivity contribution >= 4 is 11.0 Å². The molecule has 0 aliphatic carbocycles. The fourth-order valence-corrected chi connectivity index (χ4v) is 3.96. The Bertz CT molecular complexity index is 630. The summed E-state index contributed by atoms with van der Waals surface area (Å²) in [6.45, 7) is 1.04. The molecule has 0 spiro atoms. The molecule has 4 rings (SSSR count). The monoisotopic (exact) mass is 320 g/mol. The summed E-state index contributed by atoms with van der Waals surface area (Å²) in [6, 6.07) is 4.00. The van der Waals surface area contributed by atoms with Gasteiger partial charge in [-0.15, -0.1) is 19.2 Å². The summed E-state index contributed by atoms with van der Waals surface area (Å²) >= 11 is 0. The summed E-state index contributed by atoms with van der Waals surface area (Å²) in [7, 11) is 0. The minimum absolute atomic E-state index is 0.0563. The van der Waals surface area contributed by atoms with Gasteiger partial charge in [-0.3, -0.25) is 0 Å². The van der Waals surface area contributed by atoms with Crippen molar-refractivity contribution in [1.82, 2.24) is 20.2 Å². The SMILES string of the molecule is FN1CCCC1Cc1cc2nc[nH]c2cc1CC1CCCN1F. The Kier molecular flexibility index (Phi) is 4.03. The molecule has 2 saturated heterocycles. The minimum atomic E-state index is -0.0600. The van der Waals surface area contributed by atoms with E-state index in [4.69, 9.17) is 0 Å². The molecule has 0 bridgehead atoms. The van der Waals surface area contributed by atoms with E-state index >= 15 is 0 Å². The molecule has 6 heteroatoms. The van der Waals surface area contributed by atoms with Crippen LogP contribution in [-0.2, 0) is 12.8 Å². The molecule has 0 saturated carbocycles. The number of aromatic amines is 1. The molecule has 3 heterocycles. The molecular weight excluding hydrogens is 298 g/mol. The Hall–Kier alpha value is -1.53. The number of hydrogen-bond donors (Lipinski definition) is 1. The number of imidazole rings is 1. The molecular formula is C17H22F2N4. The van der Waals surface area contributed by atoms with Gasteiger partial charge in [0.25, 0.3) is 0 Å². The van der Waals surface area contributed by atoms with E-state index in [1.807, 2.05) is 6.07 Å². The first-order chi connectivity index (χ1) is 11.2. The topological polar surface area (TPSA) is 35.2 Å². The van der Waals surface area contributed by atoms with Gasteiger partial charge in [-0.2, -0.15) is 0 Å². The second-order valence-corrected chi connectivity index (χ2v) is 6.79. The molecule has 0 radical (unpaired) electrons. The van der Waals surface area contributed by atoms with Crippen molar-refractivity contribution < 1.29 is 8.96 Å². The molecule has 1 aromatic carbocycles. The second-order valence-electron chi connectivity index (χ2n) is 6.79. The smallest absolute Gasteiger partial charge is 0.0931 e. The number of aromatic nitrogens is 2. The maximum Gasteiger partial charge on any atom is 0.0931 e. The zero-order valence-electron chi connectivity index (χ0n) is 13.1. The van der Waals surface area contributed by atoms with Gasteiger partial charge in [0, 0.05) is 25.2 Å². The maximum atomic E-state index is 13.9. The Labute approximate surface area is 134 Å². The van der Waals surface area contributed by atoms with E-state index < -0.39 is 0 Å². The summed E-state index contributed by atoms with van der Waals surface area (Å²) in [6.07, 6.45) is 6.61. The van der Waals surface area contributed by atoms with Gasteiger partial charge < -0.3 is 4.98 Å². The summed E-state index contributed by atoms with van der Waals surface area (Å²) < 4.78 is 27.7. The highest BCUT2D eigenvalue weighted by Gasteiger charge is 2.28. The molecule has 2 aliphatic heterocycles. The van der Waals surface area contributed by atoms with Gasteiger partial charge in [-0.1, -0.05) is 0 Å². The van der Waals surface area contributed by atoms with Gasteiger partial charge in [0.1, 0.15) is 0 Å². The second kappa shape index (κ2) is 6.17. The van der Waals surface area contributed by atoms with E-state index in [-0.39, 0.29) is 12.1 Å². The van der Waals surface area contributed by atoms with Gasteiger partial charge in [0.15, 0.2) is 0 Å². The van der Waals surface area contributed by atoms with Gasteiger partial charge in [-0.05, 0) is 61.8 Å². The quantitative estimate of drug-likeness (QED) is 0.878. The third kappa shape index (κ3) is 2.97. The Morgan fingerprint density at radius 1 is 1.00 bits per heavy atom. The third-order valence-electron chi connectivity index (χ3n) is 5.26. The maximum absolute atomic E-state index is 13.9. The molecule has 1 aromatic heterocycles. The molecule has 124 valence electrons. The minimum Gasteiger partial charge on any atom is -0.345 e. The molecule has 1 N–H and O–H groups in total. The van der Waals surface area contributed by atoms with Crippen molar-refractivity contribution in [2.24, 2.45) is 0 Å². The van der Waals surface area contributed by atoms with Crippen LogP contribution in [0.4, 0.5) is 8.96 Å². The predicted octanol–water partition coefficient (Wildman–Crippen LogP) is 3.35. The number of nitrogens with one attached hydrogen (secondary N) is 1. The molecule has 2 fully saturated rings. The first kappa shape index (κ1) is 15.0. The van der Waals surface area contributed by atoms with Crippen LogP contribution < -0.4 is 0 Å². The first-order valence-electron chi connectivity index (χ1n) is 8.50. The normalized spacial score (nSPS) is 26.5. The summed E-state index contributed by atoms with van der Waals surface area (Å²) in [5, 5.41) is 1.91. The summed E-state index contributed by atoms with van der Waals surface area (Å²) in [5.74, 6) is 0. The predicted molar refractivity (Wildman–Crippen MR) is 85.2 cm³/mol. The lowest BCUT2D eigenvalue weighted by Crippen LogP contribution is -2.26. The molecule has 2 aliphatic rings. The number of fused-ring (bicyclic) bond motifs is 1. The van der Waals surface area contributed by atoms with Gasteiger partial charge in [0.05, 0.1) is 17.4 Å². The van der Waals surface area contributed by atoms with Crippen molar-refractivity contribution in [3.05, 3.63) is 29.6 Å². The Morgan fingerprint density at radius 3 is 2.17 bits per heavy atom. The molecule has 0 amide bonds. The largest absolute Gasteiger partial charge is 0.345 e. The van der Waals surface area contributed by atoms with Crippen LogP contribution in [0.1, 0.15) is 36.8 Å². The van der Waals surface area contributed by atoms with E-state index in [9.17, 15) is 8.96 Å². The van der Waals surface area contributed by atoms with Crippen molar-refractivity contribution in [3.63, 3.8) is 0 Å². The molecule has 2 aromatic rings. The number of benzene rings is 1. The zero-order valence-corrected chi connectivity index (χ0v) is 13.1. The van der Waals surface area contributed by atoms with Crippen LogP contribution in [-0.4, -0.2) is 45.4 Å². The van der Waals surface area contributed by atoms with Crippen LogP contribution in [0.5, 0.6) is 0 Å². The summed E-state index contributed by atoms with van der Waals surface area (Å²) in [5.41, 5.74) is 4.10. The zero-order chi connectivity index (χ0) is 15.8. The van der Waals surface area contributed by atoms with Crippen LogP contribution in [0.3, 0.4) is 0 Å². The average molecular weight is 320 g/mol. The third-order valence-corrected chi connectivity index (χ3v) is 5.26. The van der Waals surface area contributed by atoms with Crippen LogP contribution in [0.2, 0.25) is 0 Å². The molecule has 2 unspecified atom stereocenters. The highest BCUT2D eigenvalue weighted by atomic mass is 19.2. The highest BCUT2D eigenvalue weighted by Crippen LogP contribution is 2.28. The van der Waals surface area contributed by atoms with Crippen molar-refractivity contribution in [2.75, 3.05) is 13.1 Å². The molecule has 4 nitrogen and oxygen atoms in total. The number of halogens is 2. The first-order valence-corrected chi connectivity index (χ1v) is 8.50. The highest BCUT2D eigenvalue weighted by molar-refractivity contribution is 5.76. The standard InChI is InChI=1S/C17H22F2N4/c18-22-5-1-3-14(22)7-12-9-16-17(21-11-20-16)10-13(12)8-15-4-2-6-23(15)19/h9-11,14-15H,1-8H2,(H,20,21). The lowest BCUT2D eigenvalue weighted by Gasteiger charge is -2.20. The van der Waals surface area contributed by atoms with Crippen molar-refractivity contribution in [3.8, 4) is 0 Å². The van der Waals surface area contributed by atoms with E-state index in [0.29, 0.717) is 25.9 Å². The number of nitrogens with zero attached hydrogens (tertiary/aromatic N) is 3. The number of H-pyrrole nitrogens is 1. The fraction of sp³-hybridized carbons (Fsp3) is 0.588. The van der Waals surface area contributed by atoms with E-state index in [1.165, 1.54) is 0 Å². The Morgan fingerprint density at radius 2 is 1.61 bits per heavy atom. The van der Waals surface area contributed by atoms with Crippen LogP contribution in [0.25, 0.3) is 11.0 Å². The van der Waals surface area contributed by atoms with E-state index in [2.05, 4.69) is 16.0 Å². The van der Waals surface area contributed by atoms with Crippen LogP contribution in [0.15, 0.2) is 18.5 Å². The van der Waals surface area contributed by atoms with Gasteiger partial charge in [0.2, 0.25) is 0 Å². The molecule has 23 heavy (non-hydrogen) atoms. The fourth-order valence-electron chi connectivity index (χ4n) is 3.96. The average Bonchev–Trinajstić information content (AvgIpc) is 3.24. The molecule has 2 atom stereocenters. The number of hydrogen-bond acceptors (Lipinski definition) is 3. The van der Waals surface area contributed by atoms with Crippen LogP contribution in [0, 0.1) is 0 Å². The van der Waals surface area contributed by atoms with Crippen molar-refractivity contribution in [2.45, 2.75) is 50.6 Å². The van der Waals surface area contributed by atoms with Gasteiger partial charge in [-0.25, -0.2) is 4.98 Å². The number of rotatable bonds is 4. The van der Waals surface area contributed by atoms with E-state index in [0.717, 1.165) is 58.1 Å². The lowest BCUT2D eigenvalue weighted by molar-refractivity contribution is 0.00927. The van der Waals surface area contributed by atoms with Gasteiger partial charge >= 0.3 is 0 Å². The van der Waals surface area contributed by atoms with E-state index in [1.54, 1.807) is 6.33 Å². The van der Waals surface area contributed by atoms with Crippen LogP contribution >= 0.6 is 0 Å². The van der Waals surface area contributed by atoms with Crippen molar-refractivity contribution in [1.29, 1.82) is 0 Å². The summed E-state index contributed by atoms with van der Waals surface area (Å²) in [4.78, 5) is 7.44. The lowest BCUT2D eigenvalue weighted by atomic mass is 9.94. The Balaban J connectivity index is 1.64.